The molecule has 0 fully saturated rings. The van der Waals surface area contributed by atoms with E-state index in [0.717, 1.165) is 33.6 Å². The fourth-order valence-corrected chi connectivity index (χ4v) is 10.7. The first-order chi connectivity index (χ1) is 30.7. The van der Waals surface area contributed by atoms with Crippen molar-refractivity contribution in [1.29, 1.82) is 0 Å². The molecule has 14 rings (SSSR count). The molecule has 0 saturated carbocycles. The normalized spacial score (nSPS) is 12.2. The van der Waals surface area contributed by atoms with Gasteiger partial charge < -0.3 is 0 Å². The molecule has 0 saturated heterocycles. The Bertz CT molecular complexity index is 3900. The Labute approximate surface area is 356 Å². The van der Waals surface area contributed by atoms with Crippen LogP contribution in [0.2, 0.25) is 0 Å². The lowest BCUT2D eigenvalue weighted by atomic mass is 9.84. The summed E-state index contributed by atoms with van der Waals surface area (Å²) in [6, 6.07) is 58.5. The molecular weight excluding hydrogens is 753 g/mol. The van der Waals surface area contributed by atoms with E-state index in [1.54, 1.807) is 0 Å². The van der Waals surface area contributed by atoms with Gasteiger partial charge in [0.05, 0.1) is 11.4 Å². The van der Waals surface area contributed by atoms with Gasteiger partial charge in [0, 0.05) is 48.3 Å². The molecule has 0 unspecified atom stereocenters. The Morgan fingerprint density at radius 2 is 0.710 bits per heavy atom. The predicted octanol–water partition coefficient (Wildman–Crippen LogP) is 15.0. The largest absolute Gasteiger partial charge is 0.265 e. The van der Waals surface area contributed by atoms with Crippen LogP contribution < -0.4 is 0 Å². The highest BCUT2D eigenvalue weighted by atomic mass is 14.7. The van der Waals surface area contributed by atoms with Crippen LogP contribution >= 0.6 is 0 Å². The van der Waals surface area contributed by atoms with Gasteiger partial charge in [0.1, 0.15) is 0 Å². The minimum absolute atomic E-state index is 0.919. The molecule has 62 heavy (non-hydrogen) atoms. The summed E-state index contributed by atoms with van der Waals surface area (Å²) in [5.74, 6) is 0. The fourth-order valence-electron chi connectivity index (χ4n) is 10.7. The van der Waals surface area contributed by atoms with Gasteiger partial charge in [0.15, 0.2) is 0 Å². The fraction of sp³-hybridized carbons (Fsp3) is 0. The van der Waals surface area contributed by atoms with Crippen molar-refractivity contribution in [2.45, 2.75) is 0 Å². The Hall–Kier alpha value is -8.34. The van der Waals surface area contributed by atoms with Crippen molar-refractivity contribution in [2.24, 2.45) is 0 Å². The number of pyridine rings is 4. The van der Waals surface area contributed by atoms with Gasteiger partial charge in [-0.25, -0.2) is 0 Å². The van der Waals surface area contributed by atoms with Crippen molar-refractivity contribution in [3.63, 3.8) is 0 Å². The maximum absolute atomic E-state index is 4.87. The van der Waals surface area contributed by atoms with Crippen LogP contribution in [-0.2, 0) is 0 Å². The summed E-state index contributed by atoms with van der Waals surface area (Å²) in [5, 5.41) is 12.5. The molecule has 4 heteroatoms. The molecule has 12 aromatic rings. The zero-order valence-electron chi connectivity index (χ0n) is 33.3. The van der Waals surface area contributed by atoms with E-state index >= 15 is 0 Å². The van der Waals surface area contributed by atoms with Gasteiger partial charge in [-0.2, -0.15) is 0 Å². The average molecular weight is 785 g/mol. The van der Waals surface area contributed by atoms with Crippen LogP contribution in [0.5, 0.6) is 0 Å². The van der Waals surface area contributed by atoms with Gasteiger partial charge in [-0.05, 0) is 193 Å². The van der Waals surface area contributed by atoms with E-state index in [9.17, 15) is 0 Å². The molecule has 0 spiro atoms. The van der Waals surface area contributed by atoms with Gasteiger partial charge >= 0.3 is 0 Å². The number of benzene rings is 8. The van der Waals surface area contributed by atoms with Crippen molar-refractivity contribution >= 4 is 53.9 Å². The van der Waals surface area contributed by atoms with Crippen LogP contribution in [0.3, 0.4) is 0 Å². The van der Waals surface area contributed by atoms with Crippen LogP contribution in [0.1, 0.15) is 0 Å². The molecule has 0 atom stereocenters. The monoisotopic (exact) mass is 784 g/mol. The first kappa shape index (κ1) is 33.5. The molecule has 2 aliphatic rings. The van der Waals surface area contributed by atoms with Gasteiger partial charge in [-0.1, -0.05) is 84.9 Å². The Morgan fingerprint density at radius 3 is 1.35 bits per heavy atom. The highest BCUT2D eigenvalue weighted by Crippen LogP contribution is 2.56. The molecule has 4 heterocycles. The minimum atomic E-state index is 0.919. The summed E-state index contributed by atoms with van der Waals surface area (Å²) in [5.41, 5.74) is 18.8. The summed E-state index contributed by atoms with van der Waals surface area (Å²) in [6.45, 7) is 0. The summed E-state index contributed by atoms with van der Waals surface area (Å²) in [7, 11) is 0. The highest BCUT2D eigenvalue weighted by Gasteiger charge is 2.29. The molecule has 4 aromatic heterocycles. The smallest absolute Gasteiger partial charge is 0.0709 e. The number of hydrogen-bond acceptors (Lipinski definition) is 4. The van der Waals surface area contributed by atoms with Gasteiger partial charge in [0.25, 0.3) is 0 Å². The molecule has 2 aliphatic carbocycles. The van der Waals surface area contributed by atoms with Gasteiger partial charge in [-0.15, -0.1) is 0 Å². The van der Waals surface area contributed by atoms with E-state index in [1.165, 1.54) is 109 Å². The number of hydrogen-bond donors (Lipinski definition) is 0. The molecule has 4 nitrogen and oxygen atoms in total. The van der Waals surface area contributed by atoms with E-state index in [0.29, 0.717) is 0 Å². The molecule has 0 bridgehead atoms. The molecule has 0 radical (unpaired) electrons. The second-order valence-corrected chi connectivity index (χ2v) is 16.5. The summed E-state index contributed by atoms with van der Waals surface area (Å²) < 4.78 is 0. The minimum Gasteiger partial charge on any atom is -0.265 e. The lowest BCUT2D eigenvalue weighted by molar-refractivity contribution is 1.29. The van der Waals surface area contributed by atoms with Crippen LogP contribution in [0, 0.1) is 0 Å². The van der Waals surface area contributed by atoms with Crippen LogP contribution in [-0.4, -0.2) is 19.9 Å². The molecule has 0 amide bonds. The Balaban J connectivity index is 1.13. The van der Waals surface area contributed by atoms with Crippen LogP contribution in [0.25, 0.3) is 143 Å². The molecule has 8 aromatic carbocycles. The Kier molecular flexibility index (Phi) is 6.80. The topological polar surface area (TPSA) is 51.6 Å². The zero-order valence-corrected chi connectivity index (χ0v) is 33.3. The quantitative estimate of drug-likeness (QED) is 0.167. The maximum atomic E-state index is 4.87. The first-order valence-corrected chi connectivity index (χ1v) is 21.1. The summed E-state index contributed by atoms with van der Waals surface area (Å²) in [6.07, 6.45) is 11.2. The standard InChI is InChI=1S/C58H32N4/c1-5-35-6-2-10-41-49-31-51-45(37-19-25-61-53(27-37)33-15-21-59-22-16-33)29-46-39(47(51)30-48(49)40(9-1)55(35)41)13-14-43-50(46)32-52-42-11-3-7-36-8-4-12-44(56(36)42)58(52)57(43)38-20-26-62-54(28-38)34-17-23-60-24-18-34/h1-32H. The second-order valence-electron chi connectivity index (χ2n) is 16.5. The SMILES string of the molecule is c1cc2c3c(cccc3c1)-c1cc3c(cc1-2)c(-c1ccnc(-c2ccncc2)c1)cc1c2cc4c(c(-c5ccnc(-c6ccncc6)c5)c2ccc31)-c1cccc2cccc-4c12. The van der Waals surface area contributed by atoms with Gasteiger partial charge in [-0.3, -0.25) is 19.9 Å². The van der Waals surface area contributed by atoms with Crippen LogP contribution in [0.15, 0.2) is 195 Å². The van der Waals surface area contributed by atoms with E-state index in [4.69, 9.17) is 9.97 Å². The van der Waals surface area contributed by atoms with Crippen molar-refractivity contribution in [2.75, 3.05) is 0 Å². The highest BCUT2D eigenvalue weighted by molar-refractivity contribution is 6.29. The third-order valence-corrected chi connectivity index (χ3v) is 13.4. The lowest BCUT2D eigenvalue weighted by Gasteiger charge is -2.19. The predicted molar refractivity (Wildman–Crippen MR) is 256 cm³/mol. The van der Waals surface area contributed by atoms with E-state index in [1.807, 2.05) is 61.4 Å². The average Bonchev–Trinajstić information content (AvgIpc) is 3.84. The number of nitrogens with zero attached hydrogens (tertiary/aromatic N) is 4. The number of rotatable bonds is 4. The lowest BCUT2D eigenvalue weighted by Crippen LogP contribution is -1.93. The number of fused-ring (bicyclic) bond motifs is 11. The Morgan fingerprint density at radius 1 is 0.258 bits per heavy atom. The van der Waals surface area contributed by atoms with Crippen molar-refractivity contribution < 1.29 is 0 Å². The maximum Gasteiger partial charge on any atom is 0.0709 e. The van der Waals surface area contributed by atoms with Crippen molar-refractivity contribution in [3.8, 4) is 89.3 Å². The van der Waals surface area contributed by atoms with E-state index in [2.05, 4.69) is 143 Å². The van der Waals surface area contributed by atoms with E-state index in [-0.39, 0.29) is 0 Å². The van der Waals surface area contributed by atoms with E-state index < -0.39 is 0 Å². The summed E-state index contributed by atoms with van der Waals surface area (Å²) in [4.78, 5) is 18.3. The third kappa shape index (κ3) is 4.66. The third-order valence-electron chi connectivity index (χ3n) is 13.4. The molecule has 0 aliphatic heterocycles. The molecular formula is C58H32N4. The van der Waals surface area contributed by atoms with Gasteiger partial charge in [0.2, 0.25) is 0 Å². The number of aromatic nitrogens is 4. The van der Waals surface area contributed by atoms with Crippen molar-refractivity contribution in [3.05, 3.63) is 195 Å². The molecule has 0 N–H and O–H groups in total. The van der Waals surface area contributed by atoms with Crippen LogP contribution in [0.4, 0.5) is 0 Å². The zero-order chi connectivity index (χ0) is 40.5. The van der Waals surface area contributed by atoms with Crippen molar-refractivity contribution in [1.82, 2.24) is 19.9 Å². The molecule has 284 valence electrons. The first-order valence-electron chi connectivity index (χ1n) is 21.1. The summed E-state index contributed by atoms with van der Waals surface area (Å²) >= 11 is 0. The second kappa shape index (κ2) is 12.6.